The molecule has 0 spiro atoms. The Hall–Kier alpha value is -1.84. The van der Waals surface area contributed by atoms with E-state index >= 15 is 0 Å². The fourth-order valence-corrected chi connectivity index (χ4v) is 2.82. The smallest absolute Gasteiger partial charge is 0.122 e. The van der Waals surface area contributed by atoms with Crippen LogP contribution in [0.25, 0.3) is 0 Å². The van der Waals surface area contributed by atoms with Crippen LogP contribution in [-0.2, 0) is 0 Å². The maximum Gasteiger partial charge on any atom is 0.122 e. The van der Waals surface area contributed by atoms with E-state index in [1.165, 1.54) is 11.1 Å². The third-order valence-electron chi connectivity index (χ3n) is 3.75. The van der Waals surface area contributed by atoms with E-state index in [0.717, 1.165) is 18.8 Å². The van der Waals surface area contributed by atoms with E-state index in [9.17, 15) is 0 Å². The Morgan fingerprint density at radius 3 is 2.58 bits per heavy atom. The summed E-state index contributed by atoms with van der Waals surface area (Å²) in [5.74, 6) is 7.13. The summed E-state index contributed by atoms with van der Waals surface area (Å²) in [5.41, 5.74) is 5.42. The van der Waals surface area contributed by atoms with Gasteiger partial charge in [0.15, 0.2) is 0 Å². The maximum absolute atomic E-state index is 5.80. The van der Waals surface area contributed by atoms with E-state index < -0.39 is 0 Å². The summed E-state index contributed by atoms with van der Waals surface area (Å²) in [5, 5.41) is 0. The molecule has 2 atom stereocenters. The summed E-state index contributed by atoms with van der Waals surface area (Å²) in [6.45, 7) is 0.743. The monoisotopic (exact) mass is 254 g/mol. The number of ether oxygens (including phenoxy) is 1. The lowest BCUT2D eigenvalue weighted by Crippen LogP contribution is -2.34. The van der Waals surface area contributed by atoms with Crippen LogP contribution >= 0.6 is 0 Å². The van der Waals surface area contributed by atoms with Crippen LogP contribution in [0.2, 0.25) is 0 Å². The zero-order valence-corrected chi connectivity index (χ0v) is 10.8. The van der Waals surface area contributed by atoms with Gasteiger partial charge in [-0.15, -0.1) is 0 Å². The van der Waals surface area contributed by atoms with E-state index in [-0.39, 0.29) is 6.04 Å². The molecular formula is C16H18N2O. The minimum Gasteiger partial charge on any atom is -0.493 e. The van der Waals surface area contributed by atoms with E-state index in [2.05, 4.69) is 29.7 Å². The van der Waals surface area contributed by atoms with Crippen LogP contribution in [0.1, 0.15) is 29.5 Å². The Morgan fingerprint density at radius 1 is 1.05 bits per heavy atom. The van der Waals surface area contributed by atoms with Crippen molar-refractivity contribution in [2.75, 3.05) is 6.61 Å². The lowest BCUT2D eigenvalue weighted by Gasteiger charge is -2.32. The summed E-state index contributed by atoms with van der Waals surface area (Å²) in [6.07, 6.45) is 0.973. The van der Waals surface area contributed by atoms with Gasteiger partial charge >= 0.3 is 0 Å². The second-order valence-electron chi connectivity index (χ2n) is 4.84. The molecule has 98 valence electrons. The molecule has 2 unspecified atom stereocenters. The van der Waals surface area contributed by atoms with Crippen LogP contribution in [-0.4, -0.2) is 6.61 Å². The molecule has 0 fully saturated rings. The lowest BCUT2D eigenvalue weighted by molar-refractivity contribution is 0.246. The predicted molar refractivity (Wildman–Crippen MR) is 75.8 cm³/mol. The number of hydrogen-bond acceptors (Lipinski definition) is 3. The average Bonchev–Trinajstić information content (AvgIpc) is 2.49. The molecule has 0 saturated carbocycles. The zero-order valence-electron chi connectivity index (χ0n) is 10.8. The van der Waals surface area contributed by atoms with Gasteiger partial charge < -0.3 is 4.74 Å². The van der Waals surface area contributed by atoms with Crippen LogP contribution in [0, 0.1) is 0 Å². The molecule has 3 heteroatoms. The number of hydrogen-bond donors (Lipinski definition) is 2. The topological polar surface area (TPSA) is 47.3 Å². The standard InChI is InChI=1S/C16H18N2O/c17-18-16(12-6-2-1-3-7-12)14-10-11-19-15-9-5-4-8-13(14)15/h1-9,14,16,18H,10-11,17H2. The normalized spacial score (nSPS) is 19.3. The molecule has 1 aliphatic heterocycles. The first-order valence-electron chi connectivity index (χ1n) is 6.63. The first-order chi connectivity index (χ1) is 9.40. The van der Waals surface area contributed by atoms with Crippen molar-refractivity contribution in [2.24, 2.45) is 5.84 Å². The molecule has 0 radical (unpaired) electrons. The van der Waals surface area contributed by atoms with Gasteiger partial charge in [-0.2, -0.15) is 0 Å². The van der Waals surface area contributed by atoms with E-state index in [1.807, 2.05) is 30.3 Å². The van der Waals surface area contributed by atoms with Crippen molar-refractivity contribution in [3.05, 3.63) is 65.7 Å². The molecule has 3 N–H and O–H groups in total. The average molecular weight is 254 g/mol. The molecule has 2 aromatic carbocycles. The highest BCUT2D eigenvalue weighted by molar-refractivity contribution is 5.40. The van der Waals surface area contributed by atoms with Gasteiger partial charge in [0.2, 0.25) is 0 Å². The van der Waals surface area contributed by atoms with Crippen molar-refractivity contribution >= 4 is 0 Å². The van der Waals surface area contributed by atoms with E-state index in [1.54, 1.807) is 0 Å². The van der Waals surface area contributed by atoms with Gasteiger partial charge in [-0.3, -0.25) is 11.3 Å². The number of rotatable bonds is 3. The number of nitrogens with two attached hydrogens (primary N) is 1. The number of nitrogens with one attached hydrogen (secondary N) is 1. The van der Waals surface area contributed by atoms with Crippen LogP contribution in [0.15, 0.2) is 54.6 Å². The Bertz CT molecular complexity index is 541. The largest absolute Gasteiger partial charge is 0.493 e. The molecule has 3 nitrogen and oxygen atoms in total. The summed E-state index contributed by atoms with van der Waals surface area (Å²) in [4.78, 5) is 0. The van der Waals surface area contributed by atoms with Crippen LogP contribution in [0.5, 0.6) is 5.75 Å². The number of hydrazine groups is 1. The lowest BCUT2D eigenvalue weighted by atomic mass is 9.83. The molecule has 3 rings (SSSR count). The predicted octanol–water partition coefficient (Wildman–Crippen LogP) is 2.76. The van der Waals surface area contributed by atoms with Gasteiger partial charge in [0.25, 0.3) is 0 Å². The Kier molecular flexibility index (Phi) is 3.49. The SMILES string of the molecule is NNC(c1ccccc1)C1CCOc2ccccc21. The quantitative estimate of drug-likeness (QED) is 0.654. The zero-order chi connectivity index (χ0) is 13.1. The van der Waals surface area contributed by atoms with Crippen molar-refractivity contribution in [3.8, 4) is 5.75 Å². The van der Waals surface area contributed by atoms with Gasteiger partial charge in [0, 0.05) is 5.92 Å². The van der Waals surface area contributed by atoms with E-state index in [4.69, 9.17) is 10.6 Å². The fourth-order valence-electron chi connectivity index (χ4n) is 2.82. The molecule has 0 bridgehead atoms. The molecule has 0 aliphatic carbocycles. The van der Waals surface area contributed by atoms with Gasteiger partial charge in [-0.1, -0.05) is 48.5 Å². The molecule has 1 aliphatic rings. The highest BCUT2D eigenvalue weighted by atomic mass is 16.5. The van der Waals surface area contributed by atoms with Gasteiger partial charge in [0.1, 0.15) is 5.75 Å². The van der Waals surface area contributed by atoms with Crippen molar-refractivity contribution in [1.82, 2.24) is 5.43 Å². The van der Waals surface area contributed by atoms with Crippen molar-refractivity contribution in [1.29, 1.82) is 0 Å². The Balaban J connectivity index is 1.97. The first kappa shape index (κ1) is 12.2. The molecule has 1 heterocycles. The summed E-state index contributed by atoms with van der Waals surface area (Å²) in [6, 6.07) is 18.7. The summed E-state index contributed by atoms with van der Waals surface area (Å²) >= 11 is 0. The minimum atomic E-state index is 0.117. The van der Waals surface area contributed by atoms with Gasteiger partial charge in [-0.25, -0.2) is 0 Å². The van der Waals surface area contributed by atoms with Crippen LogP contribution in [0.4, 0.5) is 0 Å². The summed E-state index contributed by atoms with van der Waals surface area (Å²) in [7, 11) is 0. The number of fused-ring (bicyclic) bond motifs is 1. The van der Waals surface area contributed by atoms with Crippen molar-refractivity contribution in [3.63, 3.8) is 0 Å². The summed E-state index contributed by atoms with van der Waals surface area (Å²) < 4.78 is 5.72. The number of benzene rings is 2. The second-order valence-corrected chi connectivity index (χ2v) is 4.84. The molecule has 2 aromatic rings. The third kappa shape index (κ3) is 2.35. The van der Waals surface area contributed by atoms with Crippen molar-refractivity contribution < 1.29 is 4.74 Å². The maximum atomic E-state index is 5.80. The van der Waals surface area contributed by atoms with Crippen molar-refractivity contribution in [2.45, 2.75) is 18.4 Å². The third-order valence-corrected chi connectivity index (χ3v) is 3.75. The molecule has 0 aromatic heterocycles. The van der Waals surface area contributed by atoms with Crippen LogP contribution < -0.4 is 16.0 Å². The van der Waals surface area contributed by atoms with E-state index in [0.29, 0.717) is 5.92 Å². The highest BCUT2D eigenvalue weighted by Crippen LogP contribution is 2.40. The Morgan fingerprint density at radius 2 is 1.79 bits per heavy atom. The molecular weight excluding hydrogens is 236 g/mol. The fraction of sp³-hybridized carbons (Fsp3) is 0.250. The van der Waals surface area contributed by atoms with Crippen LogP contribution in [0.3, 0.4) is 0 Å². The van der Waals surface area contributed by atoms with Gasteiger partial charge in [0.05, 0.1) is 12.6 Å². The first-order valence-corrected chi connectivity index (χ1v) is 6.63. The second kappa shape index (κ2) is 5.43. The van der Waals surface area contributed by atoms with Gasteiger partial charge in [-0.05, 0) is 23.6 Å². The Labute approximate surface area is 113 Å². The molecule has 0 saturated heterocycles. The molecule has 19 heavy (non-hydrogen) atoms. The minimum absolute atomic E-state index is 0.117. The number of para-hydroxylation sites is 1. The highest BCUT2D eigenvalue weighted by Gasteiger charge is 2.29. The molecule has 0 amide bonds.